The minimum Gasteiger partial charge on any atom is -0.368 e. The van der Waals surface area contributed by atoms with Gasteiger partial charge in [-0.2, -0.15) is 0 Å². The van der Waals surface area contributed by atoms with Crippen LogP contribution in [0.4, 0.5) is 25.0 Å². The number of urea groups is 1. The van der Waals surface area contributed by atoms with Crippen molar-refractivity contribution in [3.63, 3.8) is 0 Å². The molecule has 2 amide bonds. The molecule has 0 radical (unpaired) electrons. The van der Waals surface area contributed by atoms with Crippen LogP contribution in [0.1, 0.15) is 0 Å². The summed E-state index contributed by atoms with van der Waals surface area (Å²) in [5.41, 5.74) is 1.11. The van der Waals surface area contributed by atoms with Crippen molar-refractivity contribution in [1.29, 1.82) is 0 Å². The molecule has 0 bridgehead atoms. The lowest BCUT2D eigenvalue weighted by Gasteiger charge is -2.36. The molecular formula is C17H17F2N3O. The molecule has 0 spiro atoms. The van der Waals surface area contributed by atoms with Crippen LogP contribution in [0.15, 0.2) is 48.5 Å². The quantitative estimate of drug-likeness (QED) is 0.922. The second kappa shape index (κ2) is 6.64. The monoisotopic (exact) mass is 317 g/mol. The second-order valence-corrected chi connectivity index (χ2v) is 5.36. The first kappa shape index (κ1) is 15.3. The topological polar surface area (TPSA) is 35.6 Å². The van der Waals surface area contributed by atoms with E-state index in [2.05, 4.69) is 10.2 Å². The van der Waals surface area contributed by atoms with Gasteiger partial charge in [-0.25, -0.2) is 13.6 Å². The third-order valence-corrected chi connectivity index (χ3v) is 3.87. The summed E-state index contributed by atoms with van der Waals surface area (Å²) in [6.07, 6.45) is 0. The van der Waals surface area contributed by atoms with Gasteiger partial charge in [-0.1, -0.05) is 12.1 Å². The SMILES string of the molecule is O=C(Nc1ccccc1F)N1CCN(c2ccc(F)cc2)CC1. The summed E-state index contributed by atoms with van der Waals surface area (Å²) < 4.78 is 26.5. The number of carbonyl (C=O) groups is 1. The van der Waals surface area contributed by atoms with E-state index in [1.807, 2.05) is 0 Å². The lowest BCUT2D eigenvalue weighted by molar-refractivity contribution is 0.208. The molecule has 1 aliphatic rings. The van der Waals surface area contributed by atoms with E-state index in [9.17, 15) is 13.6 Å². The Balaban J connectivity index is 1.57. The first-order valence-electron chi connectivity index (χ1n) is 7.44. The zero-order valence-electron chi connectivity index (χ0n) is 12.5. The zero-order valence-corrected chi connectivity index (χ0v) is 12.5. The minimum absolute atomic E-state index is 0.179. The molecule has 0 atom stereocenters. The molecule has 1 aliphatic heterocycles. The van der Waals surface area contributed by atoms with E-state index < -0.39 is 5.82 Å². The Labute approximate surface area is 133 Å². The van der Waals surface area contributed by atoms with E-state index in [-0.39, 0.29) is 17.5 Å². The van der Waals surface area contributed by atoms with Crippen molar-refractivity contribution in [3.8, 4) is 0 Å². The van der Waals surface area contributed by atoms with Gasteiger partial charge in [-0.05, 0) is 36.4 Å². The summed E-state index contributed by atoms with van der Waals surface area (Å²) in [5.74, 6) is -0.720. The van der Waals surface area contributed by atoms with Gasteiger partial charge in [0.05, 0.1) is 5.69 Å². The highest BCUT2D eigenvalue weighted by molar-refractivity contribution is 5.89. The normalized spacial score (nSPS) is 14.7. The first-order valence-corrected chi connectivity index (χ1v) is 7.44. The van der Waals surface area contributed by atoms with E-state index in [1.54, 1.807) is 29.2 Å². The molecule has 1 saturated heterocycles. The van der Waals surface area contributed by atoms with Crippen LogP contribution < -0.4 is 10.2 Å². The molecule has 2 aromatic carbocycles. The van der Waals surface area contributed by atoms with Crippen LogP contribution in [0.5, 0.6) is 0 Å². The Bertz CT molecular complexity index is 682. The van der Waals surface area contributed by atoms with E-state index in [0.717, 1.165) is 5.69 Å². The van der Waals surface area contributed by atoms with Crippen molar-refractivity contribution in [2.24, 2.45) is 0 Å². The summed E-state index contributed by atoms with van der Waals surface area (Å²) >= 11 is 0. The Morgan fingerprint density at radius 1 is 0.913 bits per heavy atom. The van der Waals surface area contributed by atoms with E-state index in [0.29, 0.717) is 26.2 Å². The summed E-state index contributed by atoms with van der Waals surface area (Å²) in [6, 6.07) is 12.1. The van der Waals surface area contributed by atoms with Crippen LogP contribution >= 0.6 is 0 Å². The average Bonchev–Trinajstić information content (AvgIpc) is 2.58. The van der Waals surface area contributed by atoms with Gasteiger partial charge in [-0.15, -0.1) is 0 Å². The van der Waals surface area contributed by atoms with Crippen molar-refractivity contribution in [1.82, 2.24) is 4.90 Å². The van der Waals surface area contributed by atoms with E-state index in [1.165, 1.54) is 24.3 Å². The third-order valence-electron chi connectivity index (χ3n) is 3.87. The summed E-state index contributed by atoms with van der Waals surface area (Å²) in [4.78, 5) is 15.9. The molecule has 0 aliphatic carbocycles. The summed E-state index contributed by atoms with van der Waals surface area (Å²) in [6.45, 7) is 2.35. The van der Waals surface area contributed by atoms with Gasteiger partial charge in [0.15, 0.2) is 0 Å². The first-order chi connectivity index (χ1) is 11.1. The number of piperazine rings is 1. The molecule has 1 heterocycles. The maximum Gasteiger partial charge on any atom is 0.322 e. The number of rotatable bonds is 2. The lowest BCUT2D eigenvalue weighted by Crippen LogP contribution is -2.50. The van der Waals surface area contributed by atoms with Gasteiger partial charge in [0.2, 0.25) is 0 Å². The standard InChI is InChI=1S/C17H17F2N3O/c18-13-5-7-14(8-6-13)21-9-11-22(12-10-21)17(23)20-16-4-2-1-3-15(16)19/h1-8H,9-12H2,(H,20,23). The number of hydrogen-bond donors (Lipinski definition) is 1. The predicted molar refractivity (Wildman–Crippen MR) is 85.6 cm³/mol. The highest BCUT2D eigenvalue weighted by Gasteiger charge is 2.21. The van der Waals surface area contributed by atoms with Gasteiger partial charge in [0, 0.05) is 31.9 Å². The number of amides is 2. The van der Waals surface area contributed by atoms with Crippen LogP contribution in [0.25, 0.3) is 0 Å². The van der Waals surface area contributed by atoms with Crippen LogP contribution in [0, 0.1) is 11.6 Å². The Hall–Kier alpha value is -2.63. The largest absolute Gasteiger partial charge is 0.368 e. The summed E-state index contributed by atoms with van der Waals surface area (Å²) in [5, 5.41) is 2.59. The molecule has 120 valence electrons. The number of halogens is 2. The van der Waals surface area contributed by atoms with Crippen molar-refractivity contribution >= 4 is 17.4 Å². The van der Waals surface area contributed by atoms with Crippen LogP contribution in [0.2, 0.25) is 0 Å². The Morgan fingerprint density at radius 2 is 1.57 bits per heavy atom. The second-order valence-electron chi connectivity index (χ2n) is 5.36. The Morgan fingerprint density at radius 3 is 2.22 bits per heavy atom. The maximum absolute atomic E-state index is 13.6. The molecule has 1 N–H and O–H groups in total. The fourth-order valence-corrected chi connectivity index (χ4v) is 2.58. The van der Waals surface area contributed by atoms with Crippen molar-refractivity contribution in [2.45, 2.75) is 0 Å². The number of benzene rings is 2. The van der Waals surface area contributed by atoms with E-state index in [4.69, 9.17) is 0 Å². The van der Waals surface area contributed by atoms with Gasteiger partial charge >= 0.3 is 6.03 Å². The molecule has 1 fully saturated rings. The number of anilines is 2. The molecule has 3 rings (SSSR count). The average molecular weight is 317 g/mol. The molecule has 23 heavy (non-hydrogen) atoms. The van der Waals surface area contributed by atoms with Crippen LogP contribution in [-0.4, -0.2) is 37.1 Å². The van der Waals surface area contributed by atoms with Gasteiger partial charge in [-0.3, -0.25) is 0 Å². The van der Waals surface area contributed by atoms with Crippen molar-refractivity contribution in [2.75, 3.05) is 36.4 Å². The predicted octanol–water partition coefficient (Wildman–Crippen LogP) is 3.32. The molecule has 4 nitrogen and oxygen atoms in total. The number of nitrogens with one attached hydrogen (secondary N) is 1. The van der Waals surface area contributed by atoms with Crippen LogP contribution in [0.3, 0.4) is 0 Å². The number of nitrogens with zero attached hydrogens (tertiary/aromatic N) is 2. The lowest BCUT2D eigenvalue weighted by atomic mass is 10.2. The van der Waals surface area contributed by atoms with Crippen molar-refractivity contribution in [3.05, 3.63) is 60.2 Å². The number of carbonyl (C=O) groups excluding carboxylic acids is 1. The van der Waals surface area contributed by atoms with Gasteiger partial charge in [0.1, 0.15) is 11.6 Å². The zero-order chi connectivity index (χ0) is 16.2. The van der Waals surface area contributed by atoms with Gasteiger partial charge in [0.25, 0.3) is 0 Å². The van der Waals surface area contributed by atoms with E-state index >= 15 is 0 Å². The third kappa shape index (κ3) is 3.59. The molecular weight excluding hydrogens is 300 g/mol. The number of hydrogen-bond acceptors (Lipinski definition) is 2. The fraction of sp³-hybridized carbons (Fsp3) is 0.235. The van der Waals surface area contributed by atoms with Gasteiger partial charge < -0.3 is 15.1 Å². The minimum atomic E-state index is -0.453. The highest BCUT2D eigenvalue weighted by atomic mass is 19.1. The Kier molecular flexibility index (Phi) is 4.41. The van der Waals surface area contributed by atoms with Crippen molar-refractivity contribution < 1.29 is 13.6 Å². The molecule has 6 heteroatoms. The molecule has 0 saturated carbocycles. The number of para-hydroxylation sites is 1. The molecule has 2 aromatic rings. The molecule has 0 unspecified atom stereocenters. The smallest absolute Gasteiger partial charge is 0.322 e. The van der Waals surface area contributed by atoms with Crippen LogP contribution in [-0.2, 0) is 0 Å². The fourth-order valence-electron chi connectivity index (χ4n) is 2.58. The molecule has 0 aromatic heterocycles. The maximum atomic E-state index is 13.6. The highest BCUT2D eigenvalue weighted by Crippen LogP contribution is 2.18. The summed E-state index contributed by atoms with van der Waals surface area (Å²) in [7, 11) is 0.